The molecule has 3 amide bonds. The number of ether oxygens (including phenoxy) is 3. The molecule has 9 nitrogen and oxygen atoms in total. The van der Waals surface area contributed by atoms with Gasteiger partial charge in [0, 0.05) is 37.4 Å². The Morgan fingerprint density at radius 3 is 1.98 bits per heavy atom. The second-order valence-electron chi connectivity index (χ2n) is 9.67. The third-order valence-corrected chi connectivity index (χ3v) is 7.53. The van der Waals surface area contributed by atoms with Crippen LogP contribution in [0.15, 0.2) is 72.8 Å². The number of piperazine rings is 1. The van der Waals surface area contributed by atoms with Crippen LogP contribution in [0, 0.1) is 0 Å². The molecule has 0 N–H and O–H groups in total. The maximum atomic E-state index is 14.4. The standard InChI is InChI=1S/C31H33N3O6/c1-4-40-31(37)33-19-17-32(18-20-33)30(36)27-25-7-5-6-8-26(25)29(35)34(22-11-15-24(39-3)16-12-22)28(27)21-9-13-23(38-2)14-10-21/h5-16,27-28H,4,17-20H2,1-3H3. The van der Waals surface area contributed by atoms with Crippen LogP contribution >= 0.6 is 0 Å². The number of nitrogens with zero attached hydrogens (tertiary/aromatic N) is 3. The van der Waals surface area contributed by atoms with Crippen LogP contribution in [-0.2, 0) is 9.53 Å². The van der Waals surface area contributed by atoms with Crippen LogP contribution in [0.4, 0.5) is 10.5 Å². The fourth-order valence-corrected chi connectivity index (χ4v) is 5.49. The van der Waals surface area contributed by atoms with Gasteiger partial charge in [0.05, 0.1) is 32.8 Å². The van der Waals surface area contributed by atoms with Gasteiger partial charge in [-0.15, -0.1) is 0 Å². The summed E-state index contributed by atoms with van der Waals surface area (Å²) < 4.78 is 15.9. The van der Waals surface area contributed by atoms with Crippen LogP contribution in [-0.4, -0.2) is 74.7 Å². The first kappa shape index (κ1) is 27.1. The number of rotatable bonds is 6. The average Bonchev–Trinajstić information content (AvgIpc) is 3.01. The van der Waals surface area contributed by atoms with Crippen LogP contribution in [0.5, 0.6) is 11.5 Å². The van der Waals surface area contributed by atoms with E-state index in [1.54, 1.807) is 54.0 Å². The third kappa shape index (κ3) is 5.06. The van der Waals surface area contributed by atoms with Gasteiger partial charge in [0.2, 0.25) is 5.91 Å². The van der Waals surface area contributed by atoms with E-state index < -0.39 is 12.0 Å². The van der Waals surface area contributed by atoms with E-state index in [4.69, 9.17) is 14.2 Å². The van der Waals surface area contributed by atoms with E-state index in [2.05, 4.69) is 0 Å². The monoisotopic (exact) mass is 543 g/mol. The summed E-state index contributed by atoms with van der Waals surface area (Å²) in [4.78, 5) is 45.9. The minimum atomic E-state index is -0.668. The zero-order chi connectivity index (χ0) is 28.2. The molecular weight excluding hydrogens is 510 g/mol. The van der Waals surface area contributed by atoms with E-state index in [1.807, 2.05) is 54.6 Å². The van der Waals surface area contributed by atoms with Crippen molar-refractivity contribution in [3.63, 3.8) is 0 Å². The largest absolute Gasteiger partial charge is 0.497 e. The maximum absolute atomic E-state index is 14.4. The van der Waals surface area contributed by atoms with Crippen molar-refractivity contribution in [3.05, 3.63) is 89.5 Å². The summed E-state index contributed by atoms with van der Waals surface area (Å²) in [6.45, 7) is 3.59. The molecule has 0 saturated carbocycles. The van der Waals surface area contributed by atoms with E-state index >= 15 is 0 Å². The molecule has 0 spiro atoms. The van der Waals surface area contributed by atoms with Gasteiger partial charge in [-0.1, -0.05) is 30.3 Å². The molecule has 208 valence electrons. The summed E-state index contributed by atoms with van der Waals surface area (Å²) in [6.07, 6.45) is -0.370. The lowest BCUT2D eigenvalue weighted by Gasteiger charge is -2.44. The van der Waals surface area contributed by atoms with Crippen molar-refractivity contribution in [1.29, 1.82) is 0 Å². The Morgan fingerprint density at radius 1 is 0.800 bits per heavy atom. The van der Waals surface area contributed by atoms with Crippen molar-refractivity contribution < 1.29 is 28.6 Å². The van der Waals surface area contributed by atoms with E-state index in [9.17, 15) is 14.4 Å². The molecule has 2 heterocycles. The molecule has 2 aliphatic heterocycles. The number of anilines is 1. The Morgan fingerprint density at radius 2 is 1.38 bits per heavy atom. The number of benzene rings is 3. The van der Waals surface area contributed by atoms with Gasteiger partial charge >= 0.3 is 6.09 Å². The van der Waals surface area contributed by atoms with Crippen LogP contribution in [0.1, 0.15) is 40.4 Å². The zero-order valence-corrected chi connectivity index (χ0v) is 22.9. The highest BCUT2D eigenvalue weighted by molar-refractivity contribution is 6.11. The first-order chi connectivity index (χ1) is 19.5. The highest BCUT2D eigenvalue weighted by Gasteiger charge is 2.46. The molecule has 0 aromatic heterocycles. The number of fused-ring (bicyclic) bond motifs is 1. The van der Waals surface area contributed by atoms with Gasteiger partial charge < -0.3 is 24.0 Å². The Hall–Kier alpha value is -4.53. The van der Waals surface area contributed by atoms with Crippen molar-refractivity contribution in [1.82, 2.24) is 9.80 Å². The molecule has 0 radical (unpaired) electrons. The van der Waals surface area contributed by atoms with Crippen LogP contribution in [0.3, 0.4) is 0 Å². The van der Waals surface area contributed by atoms with E-state index in [1.165, 1.54) is 0 Å². The van der Waals surface area contributed by atoms with Crippen molar-refractivity contribution in [2.24, 2.45) is 0 Å². The number of carbonyl (C=O) groups excluding carboxylic acids is 3. The molecule has 2 aliphatic rings. The molecule has 1 saturated heterocycles. The van der Waals surface area contributed by atoms with Gasteiger partial charge in [-0.05, 0) is 60.5 Å². The molecule has 40 heavy (non-hydrogen) atoms. The molecular formula is C31H33N3O6. The number of methoxy groups -OCH3 is 2. The zero-order valence-electron chi connectivity index (χ0n) is 22.9. The van der Waals surface area contributed by atoms with Gasteiger partial charge in [0.1, 0.15) is 11.5 Å². The Kier molecular flexibility index (Phi) is 7.91. The molecule has 5 rings (SSSR count). The fourth-order valence-electron chi connectivity index (χ4n) is 5.49. The SMILES string of the molecule is CCOC(=O)N1CCN(C(=O)C2c3ccccc3C(=O)N(c3ccc(OC)cc3)C2c2ccc(OC)cc2)CC1. The average molecular weight is 544 g/mol. The van der Waals surface area contributed by atoms with Gasteiger partial charge in [-0.2, -0.15) is 0 Å². The lowest BCUT2D eigenvalue weighted by Crippen LogP contribution is -2.54. The second-order valence-corrected chi connectivity index (χ2v) is 9.67. The minimum Gasteiger partial charge on any atom is -0.497 e. The first-order valence-electron chi connectivity index (χ1n) is 13.4. The molecule has 0 bridgehead atoms. The van der Waals surface area contributed by atoms with Crippen molar-refractivity contribution >= 4 is 23.6 Å². The molecule has 2 unspecified atom stereocenters. The predicted molar refractivity (Wildman–Crippen MR) is 150 cm³/mol. The lowest BCUT2D eigenvalue weighted by molar-refractivity contribution is -0.135. The lowest BCUT2D eigenvalue weighted by atomic mass is 9.78. The summed E-state index contributed by atoms with van der Waals surface area (Å²) in [6, 6.07) is 21.5. The normalized spacial score (nSPS) is 18.7. The van der Waals surface area contributed by atoms with Crippen LogP contribution in [0.25, 0.3) is 0 Å². The molecule has 0 aliphatic carbocycles. The minimum absolute atomic E-state index is 0.0946. The van der Waals surface area contributed by atoms with Crippen molar-refractivity contribution in [3.8, 4) is 11.5 Å². The summed E-state index contributed by atoms with van der Waals surface area (Å²) in [5.41, 5.74) is 2.65. The fraction of sp³-hybridized carbons (Fsp3) is 0.323. The smallest absolute Gasteiger partial charge is 0.409 e. The molecule has 2 atom stereocenters. The molecule has 1 fully saturated rings. The van der Waals surface area contributed by atoms with Crippen molar-refractivity contribution in [2.45, 2.75) is 18.9 Å². The van der Waals surface area contributed by atoms with Gasteiger partial charge in [0.25, 0.3) is 5.91 Å². The number of hydrogen-bond acceptors (Lipinski definition) is 6. The Bertz CT molecular complexity index is 1370. The van der Waals surface area contributed by atoms with Gasteiger partial charge in [-0.3, -0.25) is 14.5 Å². The predicted octanol–water partition coefficient (Wildman–Crippen LogP) is 4.49. The maximum Gasteiger partial charge on any atom is 0.409 e. The summed E-state index contributed by atoms with van der Waals surface area (Å²) in [5, 5.41) is 0. The first-order valence-corrected chi connectivity index (χ1v) is 13.4. The van der Waals surface area contributed by atoms with E-state index in [0.717, 1.165) is 5.56 Å². The Labute approximate surface area is 233 Å². The molecule has 3 aromatic rings. The second kappa shape index (κ2) is 11.7. The topological polar surface area (TPSA) is 88.6 Å². The third-order valence-electron chi connectivity index (χ3n) is 7.53. The van der Waals surface area contributed by atoms with E-state index in [0.29, 0.717) is 61.1 Å². The van der Waals surface area contributed by atoms with Crippen LogP contribution in [0.2, 0.25) is 0 Å². The highest BCUT2D eigenvalue weighted by Crippen LogP contribution is 2.46. The summed E-state index contributed by atoms with van der Waals surface area (Å²) in [7, 11) is 3.19. The van der Waals surface area contributed by atoms with Crippen molar-refractivity contribution in [2.75, 3.05) is 51.9 Å². The van der Waals surface area contributed by atoms with Gasteiger partial charge in [-0.25, -0.2) is 4.79 Å². The summed E-state index contributed by atoms with van der Waals surface area (Å²) in [5.74, 6) is 0.404. The number of hydrogen-bond donors (Lipinski definition) is 0. The number of carbonyl (C=O) groups is 3. The van der Waals surface area contributed by atoms with Crippen LogP contribution < -0.4 is 14.4 Å². The summed E-state index contributed by atoms with van der Waals surface area (Å²) >= 11 is 0. The van der Waals surface area contributed by atoms with E-state index in [-0.39, 0.29) is 17.9 Å². The van der Waals surface area contributed by atoms with Gasteiger partial charge in [0.15, 0.2) is 0 Å². The molecule has 9 heteroatoms. The number of amides is 3. The molecule has 3 aromatic carbocycles. The quantitative estimate of drug-likeness (QED) is 0.455. The highest BCUT2D eigenvalue weighted by atomic mass is 16.6. The Balaban J connectivity index is 1.58.